The van der Waals surface area contributed by atoms with Crippen LogP contribution < -0.4 is 4.90 Å². The van der Waals surface area contributed by atoms with E-state index in [1.165, 1.54) is 5.56 Å². The lowest BCUT2D eigenvalue weighted by Crippen LogP contribution is -2.46. The number of anilines is 1. The Hall–Kier alpha value is -4.06. The number of furan rings is 1. The number of hydrogen-bond donors (Lipinski definition) is 0. The van der Waals surface area contributed by atoms with Gasteiger partial charge in [-0.3, -0.25) is 4.90 Å². The molecule has 0 atom stereocenters. The highest BCUT2D eigenvalue weighted by molar-refractivity contribution is 6.31. The van der Waals surface area contributed by atoms with Gasteiger partial charge < -0.3 is 18.3 Å². The highest BCUT2D eigenvalue weighted by atomic mass is 35.5. The molecular formula is C27H23ClN6O2. The Balaban J connectivity index is 1.21. The van der Waals surface area contributed by atoms with Crippen molar-refractivity contribution in [1.29, 1.82) is 5.26 Å². The Bertz CT molecular complexity index is 1530. The molecule has 2 aromatic carbocycles. The molecule has 8 nitrogen and oxygen atoms in total. The molecule has 4 heterocycles. The van der Waals surface area contributed by atoms with Crippen LogP contribution in [0.25, 0.3) is 22.7 Å². The largest absolute Gasteiger partial charge is 0.459 e. The molecule has 9 heteroatoms. The minimum absolute atomic E-state index is 0.274. The quantitative estimate of drug-likeness (QED) is 0.319. The van der Waals surface area contributed by atoms with E-state index >= 15 is 0 Å². The number of nitrogens with zero attached hydrogens (tertiary/aromatic N) is 6. The van der Waals surface area contributed by atoms with Crippen LogP contribution in [0.3, 0.4) is 0 Å². The van der Waals surface area contributed by atoms with Crippen LogP contribution in [-0.2, 0) is 13.1 Å². The van der Waals surface area contributed by atoms with E-state index in [2.05, 4.69) is 49.7 Å². The molecule has 0 bridgehead atoms. The number of benzene rings is 2. The molecule has 1 aliphatic rings. The summed E-state index contributed by atoms with van der Waals surface area (Å²) in [5.41, 5.74) is 3.47. The lowest BCUT2D eigenvalue weighted by molar-refractivity contribution is 0.238. The number of nitriles is 1. The third-order valence-corrected chi connectivity index (χ3v) is 6.68. The second-order valence-electron chi connectivity index (χ2n) is 8.76. The van der Waals surface area contributed by atoms with Gasteiger partial charge in [-0.25, -0.2) is 4.98 Å². The van der Waals surface area contributed by atoms with Gasteiger partial charge in [0, 0.05) is 37.7 Å². The van der Waals surface area contributed by atoms with E-state index in [9.17, 15) is 5.26 Å². The maximum absolute atomic E-state index is 9.59. The lowest BCUT2D eigenvalue weighted by atomic mass is 10.2. The van der Waals surface area contributed by atoms with E-state index in [1.54, 1.807) is 18.4 Å². The smallest absolute Gasteiger partial charge is 0.266 e. The van der Waals surface area contributed by atoms with Crippen LogP contribution in [0.15, 0.2) is 75.8 Å². The molecule has 0 spiro atoms. The van der Waals surface area contributed by atoms with Gasteiger partial charge in [-0.2, -0.15) is 10.2 Å². The number of imidazole rings is 1. The van der Waals surface area contributed by atoms with Crippen LogP contribution in [0.4, 0.5) is 5.88 Å². The number of aromatic nitrogens is 3. The topological polar surface area (TPSA) is 87.3 Å². The minimum Gasteiger partial charge on any atom is -0.459 e. The summed E-state index contributed by atoms with van der Waals surface area (Å²) < 4.78 is 13.6. The maximum atomic E-state index is 9.59. The SMILES string of the molecule is N#Cc1nc(-c2ccco2)oc1N1CCN(Cc2nc3cc(Cl)ccc3n2Cc2ccccc2)CC1. The number of halogens is 1. The summed E-state index contributed by atoms with van der Waals surface area (Å²) in [5, 5.41) is 10.3. The number of piperazine rings is 1. The molecule has 1 fully saturated rings. The number of rotatable bonds is 6. The molecule has 0 unspecified atom stereocenters. The van der Waals surface area contributed by atoms with Crippen LogP contribution in [0.1, 0.15) is 17.1 Å². The van der Waals surface area contributed by atoms with Gasteiger partial charge in [0.1, 0.15) is 11.9 Å². The fourth-order valence-electron chi connectivity index (χ4n) is 4.63. The summed E-state index contributed by atoms with van der Waals surface area (Å²) in [5.74, 6) is 2.33. The number of hydrogen-bond acceptors (Lipinski definition) is 7. The first kappa shape index (κ1) is 22.4. The van der Waals surface area contributed by atoms with E-state index in [0.717, 1.165) is 36.5 Å². The zero-order chi connectivity index (χ0) is 24.5. The molecule has 0 amide bonds. The van der Waals surface area contributed by atoms with Gasteiger partial charge >= 0.3 is 0 Å². The standard InChI is InChI=1S/C27H23ClN6O2/c28-20-8-9-23-21(15-20)30-25(34(23)17-19-5-2-1-3-6-19)18-32-10-12-33(13-11-32)27-22(16-29)31-26(36-27)24-7-4-14-35-24/h1-9,14-15H,10-13,17-18H2. The van der Waals surface area contributed by atoms with E-state index < -0.39 is 0 Å². The third kappa shape index (κ3) is 4.35. The van der Waals surface area contributed by atoms with Crippen molar-refractivity contribution in [2.24, 2.45) is 0 Å². The van der Waals surface area contributed by atoms with Gasteiger partial charge in [-0.1, -0.05) is 41.9 Å². The van der Waals surface area contributed by atoms with E-state index in [1.807, 2.05) is 24.3 Å². The minimum atomic E-state index is 0.274. The second-order valence-corrected chi connectivity index (χ2v) is 9.19. The van der Waals surface area contributed by atoms with Crippen molar-refractivity contribution in [3.63, 3.8) is 0 Å². The molecule has 180 valence electrons. The number of oxazole rings is 1. The van der Waals surface area contributed by atoms with Crippen molar-refractivity contribution >= 4 is 28.5 Å². The molecule has 5 aromatic rings. The summed E-state index contributed by atoms with van der Waals surface area (Å²) >= 11 is 6.26. The van der Waals surface area contributed by atoms with Gasteiger partial charge in [-0.15, -0.1) is 0 Å². The van der Waals surface area contributed by atoms with Gasteiger partial charge in [0.2, 0.25) is 11.6 Å². The highest BCUT2D eigenvalue weighted by Gasteiger charge is 2.26. The van der Waals surface area contributed by atoms with Crippen LogP contribution in [0.5, 0.6) is 0 Å². The first-order valence-electron chi connectivity index (χ1n) is 11.8. The Labute approximate surface area is 212 Å². The van der Waals surface area contributed by atoms with Crippen LogP contribution in [0.2, 0.25) is 5.02 Å². The second kappa shape index (κ2) is 9.53. The summed E-state index contributed by atoms with van der Waals surface area (Å²) in [4.78, 5) is 13.7. The van der Waals surface area contributed by atoms with Crippen molar-refractivity contribution in [1.82, 2.24) is 19.4 Å². The maximum Gasteiger partial charge on any atom is 0.266 e. The average Bonchev–Trinajstić information content (AvgIpc) is 3.64. The van der Waals surface area contributed by atoms with Gasteiger partial charge in [-0.05, 0) is 35.9 Å². The first-order valence-corrected chi connectivity index (χ1v) is 12.2. The van der Waals surface area contributed by atoms with Crippen LogP contribution in [0, 0.1) is 11.3 Å². The fraction of sp³-hybridized carbons (Fsp3) is 0.222. The van der Waals surface area contributed by atoms with Crippen molar-refractivity contribution < 1.29 is 8.83 Å². The van der Waals surface area contributed by atoms with E-state index in [0.29, 0.717) is 42.2 Å². The van der Waals surface area contributed by atoms with Gasteiger partial charge in [0.05, 0.1) is 23.8 Å². The molecule has 0 saturated carbocycles. The van der Waals surface area contributed by atoms with E-state index in [-0.39, 0.29) is 5.69 Å². The molecule has 36 heavy (non-hydrogen) atoms. The van der Waals surface area contributed by atoms with Crippen molar-refractivity contribution in [2.45, 2.75) is 13.1 Å². The van der Waals surface area contributed by atoms with Crippen LogP contribution in [-0.4, -0.2) is 45.6 Å². The summed E-state index contributed by atoms with van der Waals surface area (Å²) in [7, 11) is 0. The summed E-state index contributed by atoms with van der Waals surface area (Å²) in [6, 6.07) is 22.0. The monoisotopic (exact) mass is 498 g/mol. The normalized spacial score (nSPS) is 14.4. The Kier molecular flexibility index (Phi) is 5.93. The molecule has 0 aliphatic carbocycles. The first-order chi connectivity index (χ1) is 17.7. The van der Waals surface area contributed by atoms with E-state index in [4.69, 9.17) is 25.4 Å². The lowest BCUT2D eigenvalue weighted by Gasteiger charge is -2.34. The zero-order valence-electron chi connectivity index (χ0n) is 19.5. The van der Waals surface area contributed by atoms with Gasteiger partial charge in [0.15, 0.2) is 5.76 Å². The molecule has 0 N–H and O–H groups in total. The predicted molar refractivity (Wildman–Crippen MR) is 137 cm³/mol. The van der Waals surface area contributed by atoms with Crippen LogP contribution >= 0.6 is 11.6 Å². The summed E-state index contributed by atoms with van der Waals surface area (Å²) in [6.45, 7) is 4.49. The zero-order valence-corrected chi connectivity index (χ0v) is 20.2. The van der Waals surface area contributed by atoms with Crippen molar-refractivity contribution in [3.8, 4) is 17.7 Å². The Morgan fingerprint density at radius 2 is 1.78 bits per heavy atom. The number of fused-ring (bicyclic) bond motifs is 1. The molecule has 0 radical (unpaired) electrons. The predicted octanol–water partition coefficient (Wildman–Crippen LogP) is 5.18. The molecule has 1 aliphatic heterocycles. The summed E-state index contributed by atoms with van der Waals surface area (Å²) in [6.07, 6.45) is 1.56. The van der Waals surface area contributed by atoms with Crippen molar-refractivity contribution in [3.05, 3.63) is 89.0 Å². The highest BCUT2D eigenvalue weighted by Crippen LogP contribution is 2.29. The third-order valence-electron chi connectivity index (χ3n) is 6.44. The molecule has 1 saturated heterocycles. The molecular weight excluding hydrogens is 476 g/mol. The van der Waals surface area contributed by atoms with Gasteiger partial charge in [0.25, 0.3) is 5.89 Å². The molecule has 6 rings (SSSR count). The Morgan fingerprint density at radius 3 is 2.53 bits per heavy atom. The fourth-order valence-corrected chi connectivity index (χ4v) is 4.80. The Morgan fingerprint density at radius 1 is 0.944 bits per heavy atom. The van der Waals surface area contributed by atoms with Crippen molar-refractivity contribution in [2.75, 3.05) is 31.1 Å². The molecule has 3 aromatic heterocycles. The average molecular weight is 499 g/mol.